The topological polar surface area (TPSA) is 93.1 Å². The number of nitrogens with two attached hydrogens (primary N) is 1. The fraction of sp³-hybridized carbons (Fsp3) is 0.375. The average Bonchev–Trinajstić information content (AvgIpc) is 3.20. The molecule has 8 heteroatoms. The predicted octanol–water partition coefficient (Wildman–Crippen LogP) is 1.42. The van der Waals surface area contributed by atoms with Gasteiger partial charge in [0.2, 0.25) is 5.95 Å². The molecule has 0 bridgehead atoms. The Hall–Kier alpha value is -2.58. The van der Waals surface area contributed by atoms with Crippen LogP contribution >= 0.6 is 0 Å². The quantitative estimate of drug-likeness (QED) is 0.804. The van der Waals surface area contributed by atoms with Crippen molar-refractivity contribution in [2.45, 2.75) is 13.2 Å². The Balaban J connectivity index is 1.81. The first-order valence-corrected chi connectivity index (χ1v) is 7.56. The summed E-state index contributed by atoms with van der Waals surface area (Å²) < 4.78 is 23.5. The Kier molecular flexibility index (Phi) is 4.97. The van der Waals surface area contributed by atoms with E-state index >= 15 is 0 Å². The molecule has 8 nitrogen and oxygen atoms in total. The lowest BCUT2D eigenvalue weighted by molar-refractivity contribution is -0.0687. The second-order valence-electron chi connectivity index (χ2n) is 5.19. The van der Waals surface area contributed by atoms with Crippen molar-refractivity contribution in [2.24, 2.45) is 5.10 Å². The van der Waals surface area contributed by atoms with Gasteiger partial charge >= 0.3 is 0 Å². The van der Waals surface area contributed by atoms with Crippen LogP contribution in [0.5, 0.6) is 11.5 Å². The highest BCUT2D eigenvalue weighted by atomic mass is 16.7. The Morgan fingerprint density at radius 1 is 1.42 bits per heavy atom. The van der Waals surface area contributed by atoms with E-state index in [0.29, 0.717) is 30.7 Å². The summed E-state index contributed by atoms with van der Waals surface area (Å²) in [7, 11) is 1.59. The Labute approximate surface area is 139 Å². The number of hydrogen-bond donors (Lipinski definition) is 1. The number of imidazole rings is 1. The molecular formula is C16H20N4O4. The molecule has 2 aromatic rings. The molecule has 0 aliphatic carbocycles. The van der Waals surface area contributed by atoms with Gasteiger partial charge in [-0.1, -0.05) is 6.07 Å². The highest BCUT2D eigenvalue weighted by molar-refractivity contribution is 5.85. The lowest BCUT2D eigenvalue weighted by Crippen LogP contribution is -2.19. The van der Waals surface area contributed by atoms with E-state index in [1.54, 1.807) is 19.5 Å². The number of benzene rings is 1. The molecule has 0 atom stereocenters. The van der Waals surface area contributed by atoms with Gasteiger partial charge in [-0.3, -0.25) is 0 Å². The molecule has 1 aliphatic rings. The van der Waals surface area contributed by atoms with Crippen molar-refractivity contribution in [3.63, 3.8) is 0 Å². The van der Waals surface area contributed by atoms with Crippen LogP contribution in [-0.2, 0) is 9.47 Å². The zero-order valence-corrected chi connectivity index (χ0v) is 13.6. The molecule has 1 aliphatic heterocycles. The number of methoxy groups -OCH3 is 1. The number of ether oxygens (including phenoxy) is 4. The van der Waals surface area contributed by atoms with Crippen LogP contribution in [0.1, 0.15) is 11.3 Å². The summed E-state index contributed by atoms with van der Waals surface area (Å²) in [6.45, 7) is 3.28. The van der Waals surface area contributed by atoms with Gasteiger partial charge in [-0.15, -0.1) is 0 Å². The first-order chi connectivity index (χ1) is 11.7. The van der Waals surface area contributed by atoms with Crippen molar-refractivity contribution >= 4 is 12.2 Å². The van der Waals surface area contributed by atoms with Crippen LogP contribution in [0.15, 0.2) is 29.5 Å². The molecule has 1 fully saturated rings. The number of aryl methyl sites for hydroxylation is 1. The van der Waals surface area contributed by atoms with E-state index in [0.717, 1.165) is 11.3 Å². The van der Waals surface area contributed by atoms with E-state index in [1.165, 1.54) is 4.68 Å². The molecule has 0 amide bonds. The molecular weight excluding hydrogens is 312 g/mol. The minimum atomic E-state index is -0.369. The van der Waals surface area contributed by atoms with Crippen LogP contribution in [0.25, 0.3) is 0 Å². The Morgan fingerprint density at radius 3 is 2.88 bits per heavy atom. The summed E-state index contributed by atoms with van der Waals surface area (Å²) in [5.41, 5.74) is 7.33. The third-order valence-electron chi connectivity index (χ3n) is 3.44. The molecule has 1 saturated heterocycles. The molecule has 3 rings (SSSR count). The number of nitrogen functional groups attached to an aromatic ring is 1. The van der Waals surface area contributed by atoms with Gasteiger partial charge in [-0.2, -0.15) is 5.10 Å². The number of nitrogens with zero attached hydrogens (tertiary/aromatic N) is 3. The molecule has 0 saturated carbocycles. The highest BCUT2D eigenvalue weighted by Gasteiger charge is 2.18. The van der Waals surface area contributed by atoms with E-state index < -0.39 is 0 Å². The van der Waals surface area contributed by atoms with Crippen LogP contribution in [0.2, 0.25) is 0 Å². The summed E-state index contributed by atoms with van der Waals surface area (Å²) >= 11 is 0. The third-order valence-corrected chi connectivity index (χ3v) is 3.44. The monoisotopic (exact) mass is 332 g/mol. The van der Waals surface area contributed by atoms with Crippen LogP contribution in [0.3, 0.4) is 0 Å². The zero-order valence-electron chi connectivity index (χ0n) is 13.6. The normalized spacial score (nSPS) is 15.2. The highest BCUT2D eigenvalue weighted by Crippen LogP contribution is 2.30. The van der Waals surface area contributed by atoms with Gasteiger partial charge in [-0.05, 0) is 19.1 Å². The van der Waals surface area contributed by atoms with E-state index in [2.05, 4.69) is 10.1 Å². The van der Waals surface area contributed by atoms with Crippen LogP contribution in [-0.4, -0.2) is 49.1 Å². The molecule has 1 aromatic carbocycles. The molecule has 128 valence electrons. The lowest BCUT2D eigenvalue weighted by Gasteiger charge is -2.15. The molecule has 1 aromatic heterocycles. The maximum absolute atomic E-state index is 5.84. The number of anilines is 1. The van der Waals surface area contributed by atoms with Gasteiger partial charge in [0.05, 0.1) is 38.4 Å². The number of para-hydroxylation sites is 1. The van der Waals surface area contributed by atoms with E-state index in [1.807, 2.05) is 25.1 Å². The van der Waals surface area contributed by atoms with Crippen LogP contribution in [0.4, 0.5) is 5.95 Å². The van der Waals surface area contributed by atoms with Crippen molar-refractivity contribution < 1.29 is 18.9 Å². The fourth-order valence-electron chi connectivity index (χ4n) is 2.33. The summed E-state index contributed by atoms with van der Waals surface area (Å²) in [6, 6.07) is 5.55. The lowest BCUT2D eigenvalue weighted by atomic mass is 10.2. The molecule has 0 unspecified atom stereocenters. The largest absolute Gasteiger partial charge is 0.493 e. The Bertz CT molecular complexity index is 723. The summed E-state index contributed by atoms with van der Waals surface area (Å²) in [4.78, 5) is 4.11. The molecule has 2 N–H and O–H groups in total. The molecule has 2 heterocycles. The molecule has 0 radical (unpaired) electrons. The number of aromatic nitrogens is 2. The van der Waals surface area contributed by atoms with Crippen LogP contribution < -0.4 is 15.2 Å². The number of rotatable bonds is 6. The summed E-state index contributed by atoms with van der Waals surface area (Å²) in [6.07, 6.45) is 3.02. The van der Waals surface area contributed by atoms with E-state index in [9.17, 15) is 0 Å². The number of hydrogen-bond acceptors (Lipinski definition) is 7. The van der Waals surface area contributed by atoms with E-state index in [-0.39, 0.29) is 12.9 Å². The van der Waals surface area contributed by atoms with Crippen molar-refractivity contribution in [1.82, 2.24) is 9.66 Å². The summed E-state index contributed by atoms with van der Waals surface area (Å²) in [5.74, 6) is 1.49. The van der Waals surface area contributed by atoms with Gasteiger partial charge in [0.25, 0.3) is 0 Å². The summed E-state index contributed by atoms with van der Waals surface area (Å²) in [5, 5.41) is 4.32. The minimum absolute atomic E-state index is 0.271. The first kappa shape index (κ1) is 16.3. The van der Waals surface area contributed by atoms with Gasteiger partial charge in [0, 0.05) is 5.56 Å². The van der Waals surface area contributed by atoms with E-state index in [4.69, 9.17) is 24.7 Å². The van der Waals surface area contributed by atoms with Crippen molar-refractivity contribution in [3.05, 3.63) is 35.7 Å². The standard InChI is InChI=1S/C16H20N4O4/c1-11-9-20(16(17)19-11)18-8-12-4-3-5-13(21-2)15(12)24-10-14-22-6-7-23-14/h3-5,8-9,14H,6-7,10H2,1-2H3,(H2,17,19). The molecule has 24 heavy (non-hydrogen) atoms. The van der Waals surface area contributed by atoms with Crippen LogP contribution in [0, 0.1) is 6.92 Å². The van der Waals surface area contributed by atoms with Crippen molar-refractivity contribution in [3.8, 4) is 11.5 Å². The first-order valence-electron chi connectivity index (χ1n) is 7.56. The maximum atomic E-state index is 5.84. The third kappa shape index (κ3) is 3.66. The SMILES string of the molecule is COc1cccc(C=Nn2cc(C)nc2N)c1OCC1OCCO1. The fourth-order valence-corrected chi connectivity index (χ4v) is 2.33. The smallest absolute Gasteiger partial charge is 0.221 e. The second-order valence-corrected chi connectivity index (χ2v) is 5.19. The zero-order chi connectivity index (χ0) is 16.9. The van der Waals surface area contributed by atoms with Gasteiger partial charge < -0.3 is 24.7 Å². The van der Waals surface area contributed by atoms with Crippen molar-refractivity contribution in [1.29, 1.82) is 0 Å². The predicted molar refractivity (Wildman–Crippen MR) is 88.5 cm³/mol. The Morgan fingerprint density at radius 2 is 2.21 bits per heavy atom. The van der Waals surface area contributed by atoms with Gasteiger partial charge in [-0.25, -0.2) is 9.66 Å². The van der Waals surface area contributed by atoms with Gasteiger partial charge in [0.1, 0.15) is 6.61 Å². The minimum Gasteiger partial charge on any atom is -0.493 e. The maximum Gasteiger partial charge on any atom is 0.221 e. The van der Waals surface area contributed by atoms with Gasteiger partial charge in [0.15, 0.2) is 17.8 Å². The average molecular weight is 332 g/mol. The molecule has 0 spiro atoms. The van der Waals surface area contributed by atoms with Crippen molar-refractivity contribution in [2.75, 3.05) is 32.7 Å². The second kappa shape index (κ2) is 7.33.